The van der Waals surface area contributed by atoms with Crippen molar-refractivity contribution in [3.8, 4) is 0 Å². The van der Waals surface area contributed by atoms with Gasteiger partial charge in [0, 0.05) is 37.3 Å². The van der Waals surface area contributed by atoms with E-state index >= 15 is 0 Å². The maximum Gasteiger partial charge on any atom is 0.293 e. The van der Waals surface area contributed by atoms with Crippen molar-refractivity contribution >= 4 is 17.5 Å². The topological polar surface area (TPSA) is 80.1 Å². The summed E-state index contributed by atoms with van der Waals surface area (Å²) >= 11 is 0. The Bertz CT molecular complexity index is 1110. The van der Waals surface area contributed by atoms with E-state index in [2.05, 4.69) is 15.5 Å². The van der Waals surface area contributed by atoms with Crippen LogP contribution in [0.3, 0.4) is 0 Å². The number of carbonyl (C=O) groups excluding carboxylic acids is 2. The summed E-state index contributed by atoms with van der Waals surface area (Å²) in [5.74, 6) is 1.62. The number of para-hydroxylation sites is 1. The molecule has 1 saturated heterocycles. The fourth-order valence-corrected chi connectivity index (χ4v) is 4.55. The Morgan fingerprint density at radius 1 is 0.933 bits per heavy atom. The average Bonchev–Trinajstić information content (AvgIpc) is 3.36. The number of nitrogens with one attached hydrogen (secondary N) is 1. The van der Waals surface area contributed by atoms with Gasteiger partial charge in [0.15, 0.2) is 0 Å². The van der Waals surface area contributed by atoms with E-state index < -0.39 is 0 Å². The molecule has 7 heteroatoms. The number of hydrogen-bond donors (Lipinski definition) is 1. The van der Waals surface area contributed by atoms with E-state index in [-0.39, 0.29) is 11.8 Å². The maximum absolute atomic E-state index is 13.0. The van der Waals surface area contributed by atoms with E-state index in [4.69, 9.17) is 0 Å². The number of amides is 2. The minimum Gasteiger partial charge on any atom is -0.338 e. The van der Waals surface area contributed by atoms with E-state index in [0.29, 0.717) is 30.7 Å². The Balaban J connectivity index is 1.32. The number of benzene rings is 2. The summed E-state index contributed by atoms with van der Waals surface area (Å²) in [5, 5.41) is 11.3. The largest absolute Gasteiger partial charge is 0.338 e. The molecule has 2 atom stereocenters. The number of aromatic nitrogens is 3. The maximum atomic E-state index is 13.0. The lowest BCUT2D eigenvalue weighted by molar-refractivity contribution is 0.0782. The van der Waals surface area contributed by atoms with Gasteiger partial charge in [-0.15, -0.1) is 10.2 Å². The number of anilines is 1. The Labute approximate surface area is 174 Å². The van der Waals surface area contributed by atoms with Gasteiger partial charge >= 0.3 is 0 Å². The fourth-order valence-electron chi connectivity index (χ4n) is 4.55. The van der Waals surface area contributed by atoms with Crippen molar-refractivity contribution in [2.24, 2.45) is 11.8 Å². The van der Waals surface area contributed by atoms with Crippen molar-refractivity contribution in [1.82, 2.24) is 19.7 Å². The van der Waals surface area contributed by atoms with Gasteiger partial charge in [0.05, 0.1) is 0 Å². The normalized spacial score (nSPS) is 19.8. The molecule has 7 nitrogen and oxygen atoms in total. The minimum atomic E-state index is -0.260. The van der Waals surface area contributed by atoms with Crippen LogP contribution in [0, 0.1) is 18.8 Å². The van der Waals surface area contributed by atoms with Crippen LogP contribution in [0.15, 0.2) is 54.6 Å². The first-order valence-corrected chi connectivity index (χ1v) is 10.2. The van der Waals surface area contributed by atoms with Crippen LogP contribution in [-0.2, 0) is 13.0 Å². The van der Waals surface area contributed by atoms with E-state index in [1.807, 2.05) is 71.0 Å². The second-order valence-electron chi connectivity index (χ2n) is 8.12. The van der Waals surface area contributed by atoms with Crippen molar-refractivity contribution in [3.05, 3.63) is 77.4 Å². The molecule has 0 spiro atoms. The standard InChI is InChI=1S/C23H23N5O2/c1-15-7-5-6-10-19(15)23(30)27-12-16-11-20-25-26-21(28(20)14-17(16)13-27)22(29)24-18-8-3-2-4-9-18/h2-10,16-17H,11-14H2,1H3,(H,24,29). The zero-order chi connectivity index (χ0) is 20.7. The summed E-state index contributed by atoms with van der Waals surface area (Å²) in [6, 6.07) is 17.0. The first-order chi connectivity index (χ1) is 14.6. The Morgan fingerprint density at radius 2 is 1.67 bits per heavy atom. The first-order valence-electron chi connectivity index (χ1n) is 10.2. The Hall–Kier alpha value is -3.48. The van der Waals surface area contributed by atoms with E-state index in [1.54, 1.807) is 0 Å². The third-order valence-corrected chi connectivity index (χ3v) is 6.16. The lowest BCUT2D eigenvalue weighted by Crippen LogP contribution is -2.31. The molecular weight excluding hydrogens is 378 g/mol. The third kappa shape index (κ3) is 3.26. The van der Waals surface area contributed by atoms with Gasteiger partial charge in [-0.3, -0.25) is 9.59 Å². The minimum absolute atomic E-state index is 0.0836. The van der Waals surface area contributed by atoms with Gasteiger partial charge in [-0.25, -0.2) is 0 Å². The molecule has 1 N–H and O–H groups in total. The number of carbonyl (C=O) groups is 2. The first kappa shape index (κ1) is 18.5. The molecular formula is C23H23N5O2. The zero-order valence-corrected chi connectivity index (χ0v) is 16.8. The molecule has 0 saturated carbocycles. The summed E-state index contributed by atoms with van der Waals surface area (Å²) in [6.45, 7) is 4.03. The second kappa shape index (κ2) is 7.40. The lowest BCUT2D eigenvalue weighted by atomic mass is 9.89. The van der Waals surface area contributed by atoms with E-state index in [9.17, 15) is 9.59 Å². The lowest BCUT2D eigenvalue weighted by Gasteiger charge is -2.25. The van der Waals surface area contributed by atoms with Crippen LogP contribution in [-0.4, -0.2) is 44.6 Å². The van der Waals surface area contributed by atoms with Gasteiger partial charge in [-0.2, -0.15) is 0 Å². The van der Waals surface area contributed by atoms with Crippen molar-refractivity contribution in [2.45, 2.75) is 19.9 Å². The Morgan fingerprint density at radius 3 is 2.47 bits per heavy atom. The molecule has 3 heterocycles. The van der Waals surface area contributed by atoms with Crippen LogP contribution in [0.25, 0.3) is 0 Å². The van der Waals surface area contributed by atoms with Crippen molar-refractivity contribution in [2.75, 3.05) is 18.4 Å². The quantitative estimate of drug-likeness (QED) is 0.732. The number of rotatable bonds is 3. The van der Waals surface area contributed by atoms with Crippen LogP contribution in [0.1, 0.15) is 32.4 Å². The molecule has 152 valence electrons. The van der Waals surface area contributed by atoms with Crippen molar-refractivity contribution in [1.29, 1.82) is 0 Å². The summed E-state index contributed by atoms with van der Waals surface area (Å²) in [4.78, 5) is 27.7. The molecule has 2 unspecified atom stereocenters. The molecule has 2 aliphatic rings. The molecule has 3 aromatic rings. The highest BCUT2D eigenvalue weighted by atomic mass is 16.2. The molecule has 1 aromatic heterocycles. The van der Waals surface area contributed by atoms with E-state index in [0.717, 1.165) is 35.6 Å². The number of fused-ring (bicyclic) bond motifs is 2. The molecule has 5 rings (SSSR count). The van der Waals surface area contributed by atoms with Crippen LogP contribution in [0.5, 0.6) is 0 Å². The van der Waals surface area contributed by atoms with Gasteiger partial charge < -0.3 is 14.8 Å². The molecule has 0 radical (unpaired) electrons. The van der Waals surface area contributed by atoms with Gasteiger partial charge in [0.2, 0.25) is 5.82 Å². The summed E-state index contributed by atoms with van der Waals surface area (Å²) in [6.07, 6.45) is 0.730. The van der Waals surface area contributed by atoms with Crippen molar-refractivity contribution < 1.29 is 9.59 Å². The molecule has 2 amide bonds. The number of nitrogens with zero attached hydrogens (tertiary/aromatic N) is 4. The van der Waals surface area contributed by atoms with Crippen molar-refractivity contribution in [3.63, 3.8) is 0 Å². The summed E-state index contributed by atoms with van der Waals surface area (Å²) in [7, 11) is 0. The van der Waals surface area contributed by atoms with Crippen LogP contribution in [0.4, 0.5) is 5.69 Å². The number of aryl methyl sites for hydroxylation is 1. The summed E-state index contributed by atoms with van der Waals surface area (Å²) < 4.78 is 1.92. The zero-order valence-electron chi connectivity index (χ0n) is 16.8. The molecule has 1 fully saturated rings. The molecule has 0 aliphatic carbocycles. The monoisotopic (exact) mass is 401 g/mol. The van der Waals surface area contributed by atoms with Gasteiger partial charge in [0.25, 0.3) is 11.8 Å². The number of hydrogen-bond acceptors (Lipinski definition) is 4. The van der Waals surface area contributed by atoms with Gasteiger partial charge in [-0.05, 0) is 42.5 Å². The highest BCUT2D eigenvalue weighted by Gasteiger charge is 2.41. The van der Waals surface area contributed by atoms with Gasteiger partial charge in [-0.1, -0.05) is 36.4 Å². The molecule has 30 heavy (non-hydrogen) atoms. The Kier molecular flexibility index (Phi) is 4.58. The number of likely N-dealkylation sites (tertiary alicyclic amines) is 1. The van der Waals surface area contributed by atoms with Crippen LogP contribution in [0.2, 0.25) is 0 Å². The fraction of sp³-hybridized carbons (Fsp3) is 0.304. The van der Waals surface area contributed by atoms with E-state index in [1.165, 1.54) is 0 Å². The summed E-state index contributed by atoms with van der Waals surface area (Å²) in [5.41, 5.74) is 2.48. The molecule has 0 bridgehead atoms. The predicted octanol–water partition coefficient (Wildman–Crippen LogP) is 2.78. The third-order valence-electron chi connectivity index (χ3n) is 6.16. The molecule has 2 aromatic carbocycles. The second-order valence-corrected chi connectivity index (χ2v) is 8.12. The van der Waals surface area contributed by atoms with Crippen LogP contribution >= 0.6 is 0 Å². The highest BCUT2D eigenvalue weighted by molar-refractivity contribution is 6.01. The smallest absolute Gasteiger partial charge is 0.293 e. The predicted molar refractivity (Wildman–Crippen MR) is 112 cm³/mol. The van der Waals surface area contributed by atoms with Gasteiger partial charge in [0.1, 0.15) is 5.82 Å². The molecule has 2 aliphatic heterocycles. The highest BCUT2D eigenvalue weighted by Crippen LogP contribution is 2.33. The van der Waals surface area contributed by atoms with Crippen LogP contribution < -0.4 is 5.32 Å². The average molecular weight is 401 g/mol. The SMILES string of the molecule is Cc1ccccc1C(=O)N1CC2Cc3nnc(C(=O)Nc4ccccc4)n3CC2C1.